The number of anilines is 1. The van der Waals surface area contributed by atoms with Gasteiger partial charge in [-0.25, -0.2) is 13.8 Å². The third-order valence-corrected chi connectivity index (χ3v) is 7.11. The van der Waals surface area contributed by atoms with Gasteiger partial charge in [-0.3, -0.25) is 14.6 Å². The molecule has 1 aliphatic heterocycles. The van der Waals surface area contributed by atoms with Gasteiger partial charge >= 0.3 is 6.18 Å². The van der Waals surface area contributed by atoms with E-state index in [-0.39, 0.29) is 22.2 Å². The fourth-order valence-electron chi connectivity index (χ4n) is 3.76. The Balaban J connectivity index is 2.50. The number of pyridine rings is 1. The summed E-state index contributed by atoms with van der Waals surface area (Å²) in [6, 6.07) is -3.72. The number of nitrogens with one attached hydrogen (secondary N) is 2. The van der Waals surface area contributed by atoms with Crippen molar-refractivity contribution in [2.45, 2.75) is 96.8 Å². The van der Waals surface area contributed by atoms with Crippen molar-refractivity contribution in [1.82, 2.24) is 15.2 Å². The number of aliphatic hydroxyl groups is 1. The first-order valence-electron chi connectivity index (χ1n) is 12.4. The maximum absolute atomic E-state index is 14.1. The van der Waals surface area contributed by atoms with E-state index < -0.39 is 59.5 Å². The predicted molar refractivity (Wildman–Crippen MR) is 141 cm³/mol. The molecule has 1 aliphatic rings. The lowest BCUT2D eigenvalue weighted by Gasteiger charge is -2.28. The van der Waals surface area contributed by atoms with Crippen molar-refractivity contribution >= 4 is 40.4 Å². The van der Waals surface area contributed by atoms with Crippen LogP contribution in [0.2, 0.25) is 0 Å². The Bertz CT molecular complexity index is 1110. The van der Waals surface area contributed by atoms with E-state index in [1.54, 1.807) is 6.92 Å². The Labute approximate surface area is 229 Å². The lowest BCUT2D eigenvalue weighted by molar-refractivity contribution is -0.138. The zero-order valence-corrected chi connectivity index (χ0v) is 23.4. The van der Waals surface area contributed by atoms with Crippen LogP contribution in [0.15, 0.2) is 17.3 Å². The molecule has 0 radical (unpaired) electrons. The standard InChI is InChI=1S/C25H34F5N5O3S/c1-12-8-7-9-35(12)23(37)19(32-13(2)22(36)34-14(3)24(5,6)38)20(39)17-11-31-18(10-16(17)21(26)27)33-15(4)25(28,29)30/h10-12,14-15,19,21,38H,7-9H2,1-6H3,(H,31,33)(H,34,36)/b32-13+/t12-,14+,15-,19?/m0/s1. The number of carbonyl (C=O) groups is 2. The van der Waals surface area contributed by atoms with E-state index in [9.17, 15) is 36.6 Å². The van der Waals surface area contributed by atoms with Crippen molar-refractivity contribution in [1.29, 1.82) is 0 Å². The van der Waals surface area contributed by atoms with Crippen LogP contribution in [0.5, 0.6) is 0 Å². The Morgan fingerprint density at radius 3 is 2.33 bits per heavy atom. The molecule has 1 unspecified atom stereocenters. The van der Waals surface area contributed by atoms with E-state index in [1.807, 2.05) is 12.2 Å². The molecule has 0 aromatic carbocycles. The molecule has 1 saturated heterocycles. The monoisotopic (exact) mass is 579 g/mol. The maximum Gasteiger partial charge on any atom is 0.408 e. The number of halogens is 5. The number of hydrogen-bond donors (Lipinski definition) is 3. The molecule has 14 heteroatoms. The normalized spacial score (nSPS) is 19.1. The summed E-state index contributed by atoms with van der Waals surface area (Å²) in [5, 5.41) is 14.7. The van der Waals surface area contributed by atoms with Crippen molar-refractivity contribution in [3.63, 3.8) is 0 Å². The second-order valence-electron chi connectivity index (χ2n) is 10.2. The zero-order valence-electron chi connectivity index (χ0n) is 22.6. The van der Waals surface area contributed by atoms with E-state index in [2.05, 4.69) is 15.3 Å². The SMILES string of the molecule is C/C(=N\C(C(=O)N1CCC[C@@H]1C)C(=S)c1cnc(N[C@@H](C)C(F)(F)F)cc1C(F)F)C(=O)N[C@H](C)C(C)(C)O. The predicted octanol–water partition coefficient (Wildman–Crippen LogP) is 4.22. The quantitative estimate of drug-likeness (QED) is 0.166. The topological polar surface area (TPSA) is 107 Å². The maximum atomic E-state index is 14.1. The smallest absolute Gasteiger partial charge is 0.388 e. The van der Waals surface area contributed by atoms with Gasteiger partial charge in [-0.05, 0) is 60.5 Å². The molecule has 2 heterocycles. The molecule has 0 spiro atoms. The lowest BCUT2D eigenvalue weighted by Crippen LogP contribution is -2.49. The highest BCUT2D eigenvalue weighted by atomic mass is 32.1. The minimum atomic E-state index is -4.64. The van der Waals surface area contributed by atoms with Crippen molar-refractivity contribution in [2.75, 3.05) is 11.9 Å². The van der Waals surface area contributed by atoms with Gasteiger partial charge in [0.1, 0.15) is 11.9 Å². The molecular formula is C25H34F5N5O3S. The molecular weight excluding hydrogens is 545 g/mol. The van der Waals surface area contributed by atoms with Gasteiger partial charge < -0.3 is 20.6 Å². The molecule has 1 aromatic heterocycles. The van der Waals surface area contributed by atoms with Crippen LogP contribution in [-0.2, 0) is 9.59 Å². The van der Waals surface area contributed by atoms with Gasteiger partial charge in [-0.2, -0.15) is 13.2 Å². The van der Waals surface area contributed by atoms with Crippen molar-refractivity contribution in [2.24, 2.45) is 4.99 Å². The van der Waals surface area contributed by atoms with Crippen molar-refractivity contribution < 1.29 is 36.6 Å². The van der Waals surface area contributed by atoms with Gasteiger partial charge in [0, 0.05) is 29.9 Å². The van der Waals surface area contributed by atoms with Crippen LogP contribution < -0.4 is 10.6 Å². The van der Waals surface area contributed by atoms with E-state index in [4.69, 9.17) is 12.2 Å². The molecule has 8 nitrogen and oxygen atoms in total. The van der Waals surface area contributed by atoms with Gasteiger partial charge in [0.05, 0.1) is 22.2 Å². The molecule has 39 heavy (non-hydrogen) atoms. The second-order valence-corrected chi connectivity index (χ2v) is 10.7. The summed E-state index contributed by atoms with van der Waals surface area (Å²) >= 11 is 5.44. The number of carbonyl (C=O) groups excluding carboxylic acids is 2. The summed E-state index contributed by atoms with van der Waals surface area (Å²) in [5.74, 6) is -1.74. The first kappa shape index (κ1) is 32.5. The molecule has 218 valence electrons. The third-order valence-electron chi connectivity index (χ3n) is 6.67. The van der Waals surface area contributed by atoms with Gasteiger partial charge in [0.15, 0.2) is 6.04 Å². The summed E-state index contributed by atoms with van der Waals surface area (Å²) in [7, 11) is 0. The largest absolute Gasteiger partial charge is 0.408 e. The van der Waals surface area contributed by atoms with Crippen LogP contribution in [0, 0.1) is 0 Å². The Morgan fingerprint density at radius 1 is 1.23 bits per heavy atom. The molecule has 0 saturated carbocycles. The summed E-state index contributed by atoms with van der Waals surface area (Å²) in [6.45, 7) is 8.89. The van der Waals surface area contributed by atoms with Crippen LogP contribution in [0.4, 0.5) is 27.8 Å². The number of aromatic nitrogens is 1. The highest BCUT2D eigenvalue weighted by Gasteiger charge is 2.38. The summed E-state index contributed by atoms with van der Waals surface area (Å²) in [4.78, 5) is 35.5. The first-order chi connectivity index (χ1) is 17.8. The van der Waals surface area contributed by atoms with Crippen LogP contribution in [-0.4, -0.2) is 79.9 Å². The average Bonchev–Trinajstić information content (AvgIpc) is 3.25. The second kappa shape index (κ2) is 12.6. The summed E-state index contributed by atoms with van der Waals surface area (Å²) in [6.07, 6.45) is -5.51. The van der Waals surface area contributed by atoms with Gasteiger partial charge in [0.2, 0.25) is 0 Å². The first-order valence-corrected chi connectivity index (χ1v) is 12.8. The van der Waals surface area contributed by atoms with Crippen molar-refractivity contribution in [3.05, 3.63) is 23.4 Å². The number of hydrogen-bond acceptors (Lipinski definition) is 7. The Hall–Kier alpha value is -2.74. The molecule has 2 rings (SSSR count). The zero-order chi connectivity index (χ0) is 29.9. The molecule has 3 N–H and O–H groups in total. The van der Waals surface area contributed by atoms with E-state index in [0.29, 0.717) is 19.4 Å². The average molecular weight is 580 g/mol. The number of alkyl halides is 5. The minimum absolute atomic E-state index is 0.175. The number of thiocarbonyl (C=S) groups is 1. The van der Waals surface area contributed by atoms with Crippen LogP contribution in [0.25, 0.3) is 0 Å². The van der Waals surface area contributed by atoms with Crippen LogP contribution >= 0.6 is 12.2 Å². The third kappa shape index (κ3) is 8.37. The Kier molecular flexibility index (Phi) is 10.5. The van der Waals surface area contributed by atoms with E-state index >= 15 is 0 Å². The number of rotatable bonds is 10. The lowest BCUT2D eigenvalue weighted by atomic mass is 10.00. The van der Waals surface area contributed by atoms with E-state index in [1.165, 1.54) is 25.7 Å². The molecule has 0 bridgehead atoms. The number of likely N-dealkylation sites (tertiary alicyclic amines) is 1. The fraction of sp³-hybridized carbons (Fsp3) is 0.640. The van der Waals surface area contributed by atoms with Crippen molar-refractivity contribution in [3.8, 4) is 0 Å². The summed E-state index contributed by atoms with van der Waals surface area (Å²) < 4.78 is 66.9. The molecule has 4 atom stereocenters. The molecule has 1 fully saturated rings. The molecule has 0 aliphatic carbocycles. The van der Waals surface area contributed by atoms with E-state index in [0.717, 1.165) is 19.2 Å². The highest BCUT2D eigenvalue weighted by molar-refractivity contribution is 7.81. The fourth-order valence-corrected chi connectivity index (χ4v) is 4.09. The Morgan fingerprint density at radius 2 is 1.85 bits per heavy atom. The van der Waals surface area contributed by atoms with Crippen LogP contribution in [0.1, 0.15) is 71.9 Å². The van der Waals surface area contributed by atoms with Crippen LogP contribution in [0.3, 0.4) is 0 Å². The minimum Gasteiger partial charge on any atom is -0.388 e. The molecule has 2 amide bonds. The summed E-state index contributed by atoms with van der Waals surface area (Å²) in [5.41, 5.74) is -2.50. The number of nitrogens with zero attached hydrogens (tertiary/aromatic N) is 3. The molecule has 1 aromatic rings. The number of aliphatic imine (C=N–C) groups is 1. The van der Waals surface area contributed by atoms with Gasteiger partial charge in [-0.15, -0.1) is 0 Å². The van der Waals surface area contributed by atoms with Gasteiger partial charge in [0.25, 0.3) is 18.2 Å². The highest BCUT2D eigenvalue weighted by Crippen LogP contribution is 2.30. The number of amides is 2. The van der Waals surface area contributed by atoms with Gasteiger partial charge in [-0.1, -0.05) is 12.2 Å².